The Morgan fingerprint density at radius 2 is 2.29 bits per heavy atom. The van der Waals surface area contributed by atoms with Crippen molar-refractivity contribution in [3.63, 3.8) is 0 Å². The lowest BCUT2D eigenvalue weighted by molar-refractivity contribution is 0.561. The van der Waals surface area contributed by atoms with Gasteiger partial charge in [-0.15, -0.1) is 0 Å². The highest BCUT2D eigenvalue weighted by molar-refractivity contribution is 7.71. The van der Waals surface area contributed by atoms with Gasteiger partial charge in [0.15, 0.2) is 4.77 Å². The summed E-state index contributed by atoms with van der Waals surface area (Å²) < 4.78 is 3.15. The fourth-order valence-corrected chi connectivity index (χ4v) is 2.09. The van der Waals surface area contributed by atoms with Crippen molar-refractivity contribution in [2.24, 2.45) is 5.92 Å². The van der Waals surface area contributed by atoms with Gasteiger partial charge in [-0.25, -0.2) is 0 Å². The van der Waals surface area contributed by atoms with Crippen molar-refractivity contribution in [2.45, 2.75) is 45.6 Å². The van der Waals surface area contributed by atoms with Crippen molar-refractivity contribution in [1.29, 1.82) is 0 Å². The smallest absolute Gasteiger partial charge is 0.177 e. The van der Waals surface area contributed by atoms with Crippen LogP contribution in [-0.4, -0.2) is 9.55 Å². The standard InChI is InChI=1S/C11H18N2S/c1-8(2)10-7-12-11(14)13(10)6-5-9-3-4-9/h7-9H,3-6H2,1-2H3,(H,12,14). The third-order valence-electron chi connectivity index (χ3n) is 2.95. The first-order chi connectivity index (χ1) is 6.68. The number of H-pyrrole nitrogens is 1. The van der Waals surface area contributed by atoms with E-state index in [0.29, 0.717) is 5.92 Å². The molecule has 0 spiro atoms. The summed E-state index contributed by atoms with van der Waals surface area (Å²) >= 11 is 5.27. The minimum Gasteiger partial charge on any atom is -0.337 e. The highest BCUT2D eigenvalue weighted by Gasteiger charge is 2.21. The Labute approximate surface area is 90.3 Å². The Morgan fingerprint density at radius 3 is 2.86 bits per heavy atom. The molecule has 1 fully saturated rings. The SMILES string of the molecule is CC(C)c1c[nH]c(=S)n1CCC1CC1. The lowest BCUT2D eigenvalue weighted by Gasteiger charge is -2.10. The van der Waals surface area contributed by atoms with Crippen molar-refractivity contribution in [1.82, 2.24) is 9.55 Å². The zero-order valence-corrected chi connectivity index (χ0v) is 9.73. The molecule has 0 aromatic carbocycles. The Morgan fingerprint density at radius 1 is 1.57 bits per heavy atom. The predicted octanol–water partition coefficient (Wildman–Crippen LogP) is 3.47. The van der Waals surface area contributed by atoms with Gasteiger partial charge in [0.05, 0.1) is 0 Å². The third-order valence-corrected chi connectivity index (χ3v) is 3.29. The zero-order chi connectivity index (χ0) is 10.1. The van der Waals surface area contributed by atoms with E-state index in [2.05, 4.69) is 29.6 Å². The maximum atomic E-state index is 5.27. The first kappa shape index (κ1) is 9.97. The Bertz CT molecular complexity index is 358. The molecular formula is C11H18N2S. The summed E-state index contributed by atoms with van der Waals surface area (Å²) in [4.78, 5) is 3.14. The number of aromatic nitrogens is 2. The monoisotopic (exact) mass is 210 g/mol. The molecule has 0 amide bonds. The number of imidazole rings is 1. The summed E-state index contributed by atoms with van der Waals surface area (Å²) in [6.45, 7) is 5.53. The van der Waals surface area contributed by atoms with E-state index < -0.39 is 0 Å². The van der Waals surface area contributed by atoms with E-state index in [9.17, 15) is 0 Å². The molecular weight excluding hydrogens is 192 g/mol. The number of rotatable bonds is 4. The van der Waals surface area contributed by atoms with Crippen LogP contribution in [0.5, 0.6) is 0 Å². The lowest BCUT2D eigenvalue weighted by Crippen LogP contribution is -2.05. The minimum atomic E-state index is 0.558. The second-order valence-electron chi connectivity index (χ2n) is 4.56. The third kappa shape index (κ3) is 2.08. The number of nitrogens with one attached hydrogen (secondary N) is 1. The van der Waals surface area contributed by atoms with E-state index in [1.54, 1.807) is 0 Å². The molecule has 1 N–H and O–H groups in total. The molecule has 2 rings (SSSR count). The van der Waals surface area contributed by atoms with Crippen LogP contribution in [0.25, 0.3) is 0 Å². The van der Waals surface area contributed by atoms with Gasteiger partial charge in [-0.05, 0) is 30.5 Å². The van der Waals surface area contributed by atoms with Gasteiger partial charge in [0.25, 0.3) is 0 Å². The van der Waals surface area contributed by atoms with Gasteiger partial charge in [0.2, 0.25) is 0 Å². The van der Waals surface area contributed by atoms with Gasteiger partial charge in [0.1, 0.15) is 0 Å². The van der Waals surface area contributed by atoms with E-state index in [1.807, 2.05) is 0 Å². The van der Waals surface area contributed by atoms with Gasteiger partial charge in [-0.3, -0.25) is 0 Å². The summed E-state index contributed by atoms with van der Waals surface area (Å²) in [6.07, 6.45) is 6.20. The Kier molecular flexibility index (Phi) is 2.77. The summed E-state index contributed by atoms with van der Waals surface area (Å²) in [5.41, 5.74) is 1.34. The molecule has 1 aliphatic rings. The summed E-state index contributed by atoms with van der Waals surface area (Å²) in [5, 5.41) is 0. The van der Waals surface area contributed by atoms with Crippen LogP contribution in [0.15, 0.2) is 6.20 Å². The molecule has 0 unspecified atom stereocenters. The molecule has 1 aromatic heterocycles. The summed E-state index contributed by atoms with van der Waals surface area (Å²) in [5.74, 6) is 1.54. The van der Waals surface area contributed by atoms with Crippen LogP contribution < -0.4 is 0 Å². The van der Waals surface area contributed by atoms with Crippen molar-refractivity contribution in [2.75, 3.05) is 0 Å². The topological polar surface area (TPSA) is 20.7 Å². The Balaban J connectivity index is 2.11. The molecule has 14 heavy (non-hydrogen) atoms. The maximum Gasteiger partial charge on any atom is 0.177 e. The molecule has 78 valence electrons. The quantitative estimate of drug-likeness (QED) is 0.755. The molecule has 0 bridgehead atoms. The first-order valence-electron chi connectivity index (χ1n) is 5.46. The zero-order valence-electron chi connectivity index (χ0n) is 8.92. The van der Waals surface area contributed by atoms with E-state index in [4.69, 9.17) is 12.2 Å². The van der Waals surface area contributed by atoms with Crippen LogP contribution in [0.4, 0.5) is 0 Å². The number of aromatic amines is 1. The van der Waals surface area contributed by atoms with Crippen molar-refractivity contribution in [3.05, 3.63) is 16.7 Å². The van der Waals surface area contributed by atoms with E-state index in [1.165, 1.54) is 25.0 Å². The first-order valence-corrected chi connectivity index (χ1v) is 5.87. The molecule has 1 aromatic rings. The van der Waals surface area contributed by atoms with Gasteiger partial charge in [-0.1, -0.05) is 26.7 Å². The molecule has 0 saturated heterocycles. The molecule has 0 radical (unpaired) electrons. The van der Waals surface area contributed by atoms with Gasteiger partial charge >= 0.3 is 0 Å². The fraction of sp³-hybridized carbons (Fsp3) is 0.727. The van der Waals surface area contributed by atoms with Crippen LogP contribution >= 0.6 is 12.2 Å². The second-order valence-corrected chi connectivity index (χ2v) is 4.94. The highest BCUT2D eigenvalue weighted by Crippen LogP contribution is 2.33. The second kappa shape index (κ2) is 3.89. The van der Waals surface area contributed by atoms with E-state index in [0.717, 1.165) is 17.2 Å². The molecule has 1 heterocycles. The summed E-state index contributed by atoms with van der Waals surface area (Å²) in [7, 11) is 0. The van der Waals surface area contributed by atoms with Crippen LogP contribution in [0.3, 0.4) is 0 Å². The largest absolute Gasteiger partial charge is 0.337 e. The summed E-state index contributed by atoms with van der Waals surface area (Å²) in [6, 6.07) is 0. The minimum absolute atomic E-state index is 0.558. The molecule has 3 heteroatoms. The van der Waals surface area contributed by atoms with Crippen LogP contribution in [0.2, 0.25) is 0 Å². The molecule has 0 atom stereocenters. The van der Waals surface area contributed by atoms with E-state index >= 15 is 0 Å². The van der Waals surface area contributed by atoms with Crippen molar-refractivity contribution < 1.29 is 0 Å². The van der Waals surface area contributed by atoms with Crippen molar-refractivity contribution in [3.8, 4) is 0 Å². The molecule has 1 aliphatic carbocycles. The average molecular weight is 210 g/mol. The molecule has 1 saturated carbocycles. The molecule has 2 nitrogen and oxygen atoms in total. The van der Waals surface area contributed by atoms with Crippen molar-refractivity contribution >= 4 is 12.2 Å². The number of nitrogens with zero attached hydrogens (tertiary/aromatic N) is 1. The normalized spacial score (nSPS) is 16.5. The van der Waals surface area contributed by atoms with Crippen LogP contribution in [0.1, 0.15) is 44.7 Å². The predicted molar refractivity (Wildman–Crippen MR) is 61.0 cm³/mol. The fourth-order valence-electron chi connectivity index (χ4n) is 1.84. The van der Waals surface area contributed by atoms with Gasteiger partial charge in [-0.2, -0.15) is 0 Å². The maximum absolute atomic E-state index is 5.27. The number of hydrogen-bond acceptors (Lipinski definition) is 1. The Hall–Kier alpha value is -0.570. The van der Waals surface area contributed by atoms with Crippen LogP contribution in [-0.2, 0) is 6.54 Å². The van der Waals surface area contributed by atoms with E-state index in [-0.39, 0.29) is 0 Å². The highest BCUT2D eigenvalue weighted by atomic mass is 32.1. The van der Waals surface area contributed by atoms with Gasteiger partial charge in [0, 0.05) is 18.4 Å². The number of hydrogen-bond donors (Lipinski definition) is 1. The van der Waals surface area contributed by atoms with Gasteiger partial charge < -0.3 is 9.55 Å². The molecule has 0 aliphatic heterocycles. The lowest BCUT2D eigenvalue weighted by atomic mass is 10.1. The van der Waals surface area contributed by atoms with Crippen LogP contribution in [0, 0.1) is 10.7 Å². The average Bonchev–Trinajstić information content (AvgIpc) is 2.87.